The van der Waals surface area contributed by atoms with Crippen LogP contribution < -0.4 is 4.90 Å². The van der Waals surface area contributed by atoms with Crippen molar-refractivity contribution in [2.24, 2.45) is 4.99 Å². The lowest BCUT2D eigenvalue weighted by Crippen LogP contribution is -2.37. The van der Waals surface area contributed by atoms with Gasteiger partial charge in [-0.2, -0.15) is 0 Å². The molecule has 8 nitrogen and oxygen atoms in total. The monoisotopic (exact) mass is 605 g/mol. The molecule has 44 heavy (non-hydrogen) atoms. The molecular formula is C35H35N5O3S. The third-order valence-electron chi connectivity index (χ3n) is 8.53. The number of benzene rings is 1. The fourth-order valence-corrected chi connectivity index (χ4v) is 7.47. The number of aliphatic imine (C=N–C) groups is 1. The first kappa shape index (κ1) is 28.6. The summed E-state index contributed by atoms with van der Waals surface area (Å²) in [5, 5.41) is 0. The fraction of sp³-hybridized carbons (Fsp3) is 0.343. The zero-order valence-electron chi connectivity index (χ0n) is 24.9. The van der Waals surface area contributed by atoms with Crippen LogP contribution in [0.5, 0.6) is 0 Å². The van der Waals surface area contributed by atoms with Crippen LogP contribution in [0.1, 0.15) is 55.3 Å². The number of hydrogen-bond acceptors (Lipinski definition) is 8. The Balaban J connectivity index is 1.19. The summed E-state index contributed by atoms with van der Waals surface area (Å²) in [6, 6.07) is 10.5. The average Bonchev–Trinajstić information content (AvgIpc) is 3.67. The van der Waals surface area contributed by atoms with E-state index in [4.69, 9.17) is 19.7 Å². The second kappa shape index (κ2) is 12.4. The van der Waals surface area contributed by atoms with E-state index < -0.39 is 0 Å². The summed E-state index contributed by atoms with van der Waals surface area (Å²) < 4.78 is 6.76. The van der Waals surface area contributed by atoms with Crippen molar-refractivity contribution in [1.29, 1.82) is 0 Å². The Hall–Kier alpha value is -4.21. The number of amides is 1. The molecule has 5 heterocycles. The Morgan fingerprint density at radius 1 is 1.09 bits per heavy atom. The molecule has 0 bridgehead atoms. The number of aromatic nitrogens is 2. The zero-order chi connectivity index (χ0) is 30.0. The van der Waals surface area contributed by atoms with Gasteiger partial charge in [0.15, 0.2) is 17.4 Å². The van der Waals surface area contributed by atoms with Gasteiger partial charge >= 0.3 is 0 Å². The average molecular weight is 606 g/mol. The van der Waals surface area contributed by atoms with Gasteiger partial charge in [-0.05, 0) is 43.5 Å². The highest BCUT2D eigenvalue weighted by molar-refractivity contribution is 7.20. The van der Waals surface area contributed by atoms with Crippen molar-refractivity contribution in [1.82, 2.24) is 14.9 Å². The van der Waals surface area contributed by atoms with Crippen molar-refractivity contribution in [2.75, 3.05) is 44.3 Å². The second-order valence-electron chi connectivity index (χ2n) is 11.4. The number of para-hydroxylation sites is 1. The minimum atomic E-state index is 0.0757. The third-order valence-corrected chi connectivity index (χ3v) is 9.73. The molecule has 1 amide bonds. The molecule has 4 aliphatic rings. The topological polar surface area (TPSA) is 88.0 Å². The molecule has 0 unspecified atom stereocenters. The van der Waals surface area contributed by atoms with Crippen LogP contribution >= 0.6 is 11.3 Å². The standard InChI is InChI=1S/C35H35N5O3S/c1-2-7-24(41)8-5-13-31(42)39-16-14-23(15-17-39)30-22-29-33(44-30)35(40-18-20-43-21-19-40)38-34(37-29)26-10-6-12-28-32(26)25-9-3-4-11-27(25)36-28/h2-4,6-7,9-11,14,22H,5,8,12-13,15-21H2,1H3/b7-2+. The van der Waals surface area contributed by atoms with Crippen LogP contribution in [0.3, 0.4) is 0 Å². The number of rotatable bonds is 8. The van der Waals surface area contributed by atoms with Crippen LogP contribution in [0.2, 0.25) is 0 Å². The second-order valence-corrected chi connectivity index (χ2v) is 12.5. The van der Waals surface area contributed by atoms with Gasteiger partial charge in [0.2, 0.25) is 5.91 Å². The summed E-state index contributed by atoms with van der Waals surface area (Å²) >= 11 is 1.74. The number of allylic oxidation sites excluding steroid dienone is 6. The molecule has 1 saturated heterocycles. The Morgan fingerprint density at radius 3 is 2.77 bits per heavy atom. The molecule has 3 aliphatic heterocycles. The van der Waals surface area contributed by atoms with Crippen molar-refractivity contribution in [3.63, 3.8) is 0 Å². The predicted octanol–water partition coefficient (Wildman–Crippen LogP) is 6.42. The summed E-state index contributed by atoms with van der Waals surface area (Å²) in [6.07, 6.45) is 12.8. The molecule has 0 atom stereocenters. The van der Waals surface area contributed by atoms with Crippen molar-refractivity contribution in [3.8, 4) is 0 Å². The highest BCUT2D eigenvalue weighted by Crippen LogP contribution is 2.44. The molecule has 1 fully saturated rings. The molecular weight excluding hydrogens is 570 g/mol. The normalized spacial score (nSPS) is 18.1. The lowest BCUT2D eigenvalue weighted by molar-refractivity contribution is -0.130. The Bertz CT molecular complexity index is 1790. The van der Waals surface area contributed by atoms with Crippen LogP contribution in [0.25, 0.3) is 26.9 Å². The lowest BCUT2D eigenvalue weighted by atomic mass is 9.91. The quantitative estimate of drug-likeness (QED) is 0.276. The minimum absolute atomic E-state index is 0.0757. The van der Waals surface area contributed by atoms with Crippen molar-refractivity contribution >= 4 is 67.2 Å². The van der Waals surface area contributed by atoms with E-state index in [0.717, 1.165) is 75.9 Å². The molecule has 224 valence electrons. The summed E-state index contributed by atoms with van der Waals surface area (Å²) in [5.74, 6) is 1.87. The first-order valence-electron chi connectivity index (χ1n) is 15.4. The van der Waals surface area contributed by atoms with E-state index in [0.29, 0.717) is 45.6 Å². The van der Waals surface area contributed by atoms with Gasteiger partial charge in [0, 0.05) is 67.0 Å². The molecule has 0 radical (unpaired) electrons. The van der Waals surface area contributed by atoms with Gasteiger partial charge in [0.05, 0.1) is 34.8 Å². The number of ketones is 1. The summed E-state index contributed by atoms with van der Waals surface area (Å²) in [5.41, 5.74) is 7.55. The van der Waals surface area contributed by atoms with Gasteiger partial charge in [-0.1, -0.05) is 42.5 Å². The molecule has 7 rings (SSSR count). The van der Waals surface area contributed by atoms with E-state index in [9.17, 15) is 9.59 Å². The SMILES string of the molecule is C/C=C/C(=O)CCCC(=O)N1CC=C(c2cc3nc(C4=C5C(=Nc6ccccc65)CC=C4)nc(N4CCOCC4)c3s2)CC1. The molecule has 9 heteroatoms. The van der Waals surface area contributed by atoms with Crippen LogP contribution in [0.15, 0.2) is 65.7 Å². The number of carbonyl (C=O) groups excluding carboxylic acids is 2. The maximum absolute atomic E-state index is 12.8. The highest BCUT2D eigenvalue weighted by atomic mass is 32.1. The van der Waals surface area contributed by atoms with Crippen LogP contribution in [0.4, 0.5) is 11.5 Å². The van der Waals surface area contributed by atoms with Gasteiger partial charge in [-0.25, -0.2) is 9.97 Å². The largest absolute Gasteiger partial charge is 0.378 e. The number of ether oxygens (including phenoxy) is 1. The van der Waals surface area contributed by atoms with Gasteiger partial charge in [0.1, 0.15) is 0 Å². The number of fused-ring (bicyclic) bond motifs is 4. The summed E-state index contributed by atoms with van der Waals surface area (Å²) in [4.78, 5) is 45.3. The highest BCUT2D eigenvalue weighted by Gasteiger charge is 2.29. The number of carbonyl (C=O) groups is 2. The Kier molecular flexibility index (Phi) is 8.06. The summed E-state index contributed by atoms with van der Waals surface area (Å²) in [7, 11) is 0. The van der Waals surface area contributed by atoms with Gasteiger partial charge in [0.25, 0.3) is 0 Å². The fourth-order valence-electron chi connectivity index (χ4n) is 6.29. The first-order valence-corrected chi connectivity index (χ1v) is 16.3. The van der Waals surface area contributed by atoms with Crippen LogP contribution in [0, 0.1) is 0 Å². The molecule has 1 aliphatic carbocycles. The molecule has 0 spiro atoms. The van der Waals surface area contributed by atoms with Gasteiger partial charge in [-0.15, -0.1) is 11.3 Å². The maximum atomic E-state index is 12.8. The molecule has 1 aromatic carbocycles. The smallest absolute Gasteiger partial charge is 0.222 e. The molecule has 3 aromatic rings. The number of anilines is 1. The molecule has 0 N–H and O–H groups in total. The summed E-state index contributed by atoms with van der Waals surface area (Å²) in [6.45, 7) is 6.02. The zero-order valence-corrected chi connectivity index (χ0v) is 25.7. The van der Waals surface area contributed by atoms with Gasteiger partial charge < -0.3 is 14.5 Å². The van der Waals surface area contributed by atoms with Crippen LogP contribution in [-0.2, 0) is 14.3 Å². The van der Waals surface area contributed by atoms with Crippen molar-refractivity contribution < 1.29 is 14.3 Å². The van der Waals surface area contributed by atoms with E-state index >= 15 is 0 Å². The Labute approximate surface area is 261 Å². The van der Waals surface area contributed by atoms with Gasteiger partial charge in [-0.3, -0.25) is 14.6 Å². The first-order chi connectivity index (χ1) is 21.6. The van der Waals surface area contributed by atoms with Crippen molar-refractivity contribution in [2.45, 2.75) is 39.0 Å². The van der Waals surface area contributed by atoms with E-state index in [1.54, 1.807) is 23.5 Å². The third kappa shape index (κ3) is 5.57. The molecule has 0 saturated carbocycles. The van der Waals surface area contributed by atoms with E-state index in [2.05, 4.69) is 47.4 Å². The number of thiophene rings is 1. The van der Waals surface area contributed by atoms with Crippen molar-refractivity contribution in [3.05, 3.63) is 77.0 Å². The van der Waals surface area contributed by atoms with E-state index in [1.165, 1.54) is 10.5 Å². The molecule has 2 aromatic heterocycles. The number of hydrogen-bond donors (Lipinski definition) is 0. The van der Waals surface area contributed by atoms with E-state index in [-0.39, 0.29) is 11.7 Å². The maximum Gasteiger partial charge on any atom is 0.222 e. The number of nitrogens with zero attached hydrogens (tertiary/aromatic N) is 5. The Morgan fingerprint density at radius 2 is 1.95 bits per heavy atom. The van der Waals surface area contributed by atoms with Crippen LogP contribution in [-0.4, -0.2) is 71.7 Å². The minimum Gasteiger partial charge on any atom is -0.378 e. The van der Waals surface area contributed by atoms with E-state index in [1.807, 2.05) is 17.9 Å². The predicted molar refractivity (Wildman–Crippen MR) is 177 cm³/mol. The lowest BCUT2D eigenvalue weighted by Gasteiger charge is -2.28. The number of morpholine rings is 1.